The molecule has 0 aromatic carbocycles. The molecule has 1 aromatic heterocycles. The fourth-order valence-electron chi connectivity index (χ4n) is 1.30. The van der Waals surface area contributed by atoms with Crippen molar-refractivity contribution in [2.75, 3.05) is 43.2 Å². The van der Waals surface area contributed by atoms with Crippen LogP contribution >= 0.6 is 0 Å². The summed E-state index contributed by atoms with van der Waals surface area (Å²) in [5.74, 6) is 1.84. The Hall–Kier alpha value is -1.59. The second-order valence-electron chi connectivity index (χ2n) is 5.66. The van der Waals surface area contributed by atoms with Gasteiger partial charge in [0.25, 0.3) is 0 Å². The second kappa shape index (κ2) is 5.84. The van der Waals surface area contributed by atoms with E-state index in [1.165, 1.54) is 0 Å². The molecule has 102 valence electrons. The second-order valence-corrected chi connectivity index (χ2v) is 5.66. The lowest BCUT2D eigenvalue weighted by atomic mass is 9.92. The smallest absolute Gasteiger partial charge is 0.231 e. The molecule has 0 atom stereocenters. The SMILES string of the molecule is CNc1nc(NCCC(C)(C)C)nc(N(C)C)n1. The van der Waals surface area contributed by atoms with Crippen LogP contribution in [0.15, 0.2) is 0 Å². The van der Waals surface area contributed by atoms with E-state index in [2.05, 4.69) is 46.4 Å². The number of nitrogens with one attached hydrogen (secondary N) is 2. The topological polar surface area (TPSA) is 66.0 Å². The molecule has 0 aliphatic rings. The third-order valence-electron chi connectivity index (χ3n) is 2.41. The van der Waals surface area contributed by atoms with Gasteiger partial charge in [0.05, 0.1) is 0 Å². The lowest BCUT2D eigenvalue weighted by Crippen LogP contribution is -2.18. The van der Waals surface area contributed by atoms with Crippen molar-refractivity contribution < 1.29 is 0 Å². The summed E-state index contributed by atoms with van der Waals surface area (Å²) in [6.07, 6.45) is 1.06. The number of aromatic nitrogens is 3. The van der Waals surface area contributed by atoms with Crippen LogP contribution < -0.4 is 15.5 Å². The zero-order valence-corrected chi connectivity index (χ0v) is 12.2. The van der Waals surface area contributed by atoms with Gasteiger partial charge in [-0.15, -0.1) is 0 Å². The molecule has 0 aliphatic carbocycles. The van der Waals surface area contributed by atoms with E-state index in [4.69, 9.17) is 0 Å². The highest BCUT2D eigenvalue weighted by Crippen LogP contribution is 2.18. The lowest BCUT2D eigenvalue weighted by Gasteiger charge is -2.18. The molecule has 0 spiro atoms. The molecule has 1 heterocycles. The van der Waals surface area contributed by atoms with Crippen molar-refractivity contribution in [1.82, 2.24) is 15.0 Å². The highest BCUT2D eigenvalue weighted by molar-refractivity contribution is 5.42. The Morgan fingerprint density at radius 1 is 1.06 bits per heavy atom. The fraction of sp³-hybridized carbons (Fsp3) is 0.750. The van der Waals surface area contributed by atoms with Crippen molar-refractivity contribution in [3.63, 3.8) is 0 Å². The molecule has 0 saturated heterocycles. The number of rotatable bonds is 5. The molecule has 18 heavy (non-hydrogen) atoms. The summed E-state index contributed by atoms with van der Waals surface area (Å²) in [6, 6.07) is 0. The monoisotopic (exact) mass is 252 g/mol. The van der Waals surface area contributed by atoms with Crippen molar-refractivity contribution in [3.8, 4) is 0 Å². The van der Waals surface area contributed by atoms with Crippen LogP contribution in [0.3, 0.4) is 0 Å². The quantitative estimate of drug-likeness (QED) is 0.833. The molecule has 0 aliphatic heterocycles. The van der Waals surface area contributed by atoms with E-state index in [9.17, 15) is 0 Å². The van der Waals surface area contributed by atoms with Crippen LogP contribution in [-0.4, -0.2) is 42.6 Å². The first-order chi connectivity index (χ1) is 8.31. The zero-order valence-electron chi connectivity index (χ0n) is 12.2. The third-order valence-corrected chi connectivity index (χ3v) is 2.41. The third kappa shape index (κ3) is 4.73. The van der Waals surface area contributed by atoms with Gasteiger partial charge in [0.2, 0.25) is 17.8 Å². The standard InChI is InChI=1S/C12H24N6/c1-12(2,3)7-8-14-10-15-9(13-4)16-11(17-10)18(5)6/h7-8H2,1-6H3,(H2,13,14,15,16,17). The summed E-state index contributed by atoms with van der Waals surface area (Å²) in [5, 5.41) is 6.18. The van der Waals surface area contributed by atoms with Gasteiger partial charge >= 0.3 is 0 Å². The molecule has 1 rings (SSSR count). The van der Waals surface area contributed by atoms with E-state index in [0.29, 0.717) is 23.3 Å². The van der Waals surface area contributed by atoms with Gasteiger partial charge < -0.3 is 15.5 Å². The first kappa shape index (κ1) is 14.5. The van der Waals surface area contributed by atoms with Crippen LogP contribution in [0.4, 0.5) is 17.8 Å². The van der Waals surface area contributed by atoms with Crippen LogP contribution in [0.1, 0.15) is 27.2 Å². The Kier molecular flexibility index (Phi) is 4.69. The Morgan fingerprint density at radius 3 is 2.17 bits per heavy atom. The van der Waals surface area contributed by atoms with Crippen LogP contribution in [0.2, 0.25) is 0 Å². The number of hydrogen-bond acceptors (Lipinski definition) is 6. The van der Waals surface area contributed by atoms with E-state index >= 15 is 0 Å². The Bertz CT molecular complexity index is 383. The Labute approximate surface area is 109 Å². The maximum atomic E-state index is 4.35. The van der Waals surface area contributed by atoms with E-state index in [0.717, 1.165) is 13.0 Å². The molecule has 0 unspecified atom stereocenters. The van der Waals surface area contributed by atoms with E-state index in [1.54, 1.807) is 7.05 Å². The minimum absolute atomic E-state index is 0.302. The molecular weight excluding hydrogens is 228 g/mol. The van der Waals surface area contributed by atoms with E-state index < -0.39 is 0 Å². The van der Waals surface area contributed by atoms with Crippen LogP contribution in [0.25, 0.3) is 0 Å². The van der Waals surface area contributed by atoms with Crippen LogP contribution in [0.5, 0.6) is 0 Å². The molecule has 1 aromatic rings. The highest BCUT2D eigenvalue weighted by Gasteiger charge is 2.11. The van der Waals surface area contributed by atoms with Crippen molar-refractivity contribution in [2.24, 2.45) is 5.41 Å². The average Bonchev–Trinajstić information content (AvgIpc) is 2.26. The van der Waals surface area contributed by atoms with Gasteiger partial charge in [-0.05, 0) is 11.8 Å². The predicted molar refractivity (Wildman–Crippen MR) is 76.3 cm³/mol. The first-order valence-electron chi connectivity index (χ1n) is 6.17. The average molecular weight is 252 g/mol. The van der Waals surface area contributed by atoms with Gasteiger partial charge in [-0.3, -0.25) is 0 Å². The molecule has 0 saturated carbocycles. The van der Waals surface area contributed by atoms with Crippen LogP contribution in [0, 0.1) is 5.41 Å². The Balaban J connectivity index is 2.73. The molecule has 2 N–H and O–H groups in total. The summed E-state index contributed by atoms with van der Waals surface area (Å²) in [6.45, 7) is 7.49. The minimum Gasteiger partial charge on any atom is -0.357 e. The maximum Gasteiger partial charge on any atom is 0.231 e. The number of nitrogens with zero attached hydrogens (tertiary/aromatic N) is 4. The van der Waals surface area contributed by atoms with Crippen molar-refractivity contribution in [2.45, 2.75) is 27.2 Å². The molecule has 6 heteroatoms. The van der Waals surface area contributed by atoms with Gasteiger partial charge in [0.1, 0.15) is 0 Å². The summed E-state index contributed by atoms with van der Waals surface area (Å²) in [7, 11) is 5.62. The summed E-state index contributed by atoms with van der Waals surface area (Å²) >= 11 is 0. The van der Waals surface area contributed by atoms with E-state index in [1.807, 2.05) is 19.0 Å². The minimum atomic E-state index is 0.302. The van der Waals surface area contributed by atoms with Gasteiger partial charge in [-0.25, -0.2) is 0 Å². The first-order valence-corrected chi connectivity index (χ1v) is 6.17. The largest absolute Gasteiger partial charge is 0.357 e. The fourth-order valence-corrected chi connectivity index (χ4v) is 1.30. The molecule has 0 bridgehead atoms. The number of hydrogen-bond donors (Lipinski definition) is 2. The molecule has 0 radical (unpaired) electrons. The Morgan fingerprint density at radius 2 is 1.67 bits per heavy atom. The molecule has 0 amide bonds. The molecule has 0 fully saturated rings. The van der Waals surface area contributed by atoms with E-state index in [-0.39, 0.29) is 0 Å². The normalized spacial score (nSPS) is 11.2. The van der Waals surface area contributed by atoms with Crippen molar-refractivity contribution in [1.29, 1.82) is 0 Å². The summed E-state index contributed by atoms with van der Waals surface area (Å²) < 4.78 is 0. The predicted octanol–water partition coefficient (Wildman–Crippen LogP) is 1.83. The molecular formula is C12H24N6. The summed E-state index contributed by atoms with van der Waals surface area (Å²) in [4.78, 5) is 14.8. The lowest BCUT2D eigenvalue weighted by molar-refractivity contribution is 0.389. The van der Waals surface area contributed by atoms with Crippen molar-refractivity contribution in [3.05, 3.63) is 0 Å². The van der Waals surface area contributed by atoms with Gasteiger partial charge in [-0.2, -0.15) is 15.0 Å². The van der Waals surface area contributed by atoms with Gasteiger partial charge in [0, 0.05) is 27.7 Å². The van der Waals surface area contributed by atoms with Crippen LogP contribution in [-0.2, 0) is 0 Å². The molecule has 6 nitrogen and oxygen atoms in total. The van der Waals surface area contributed by atoms with Gasteiger partial charge in [0.15, 0.2) is 0 Å². The van der Waals surface area contributed by atoms with Crippen molar-refractivity contribution >= 4 is 17.8 Å². The van der Waals surface area contributed by atoms with Gasteiger partial charge in [-0.1, -0.05) is 20.8 Å². The maximum absolute atomic E-state index is 4.35. The summed E-state index contributed by atoms with van der Waals surface area (Å²) in [5.41, 5.74) is 0.302. The zero-order chi connectivity index (χ0) is 13.8. The number of anilines is 3. The highest BCUT2D eigenvalue weighted by atomic mass is 15.3.